The smallest absolute Gasteiger partial charge is 0.243 e. The fourth-order valence-corrected chi connectivity index (χ4v) is 4.70. The second-order valence-corrected chi connectivity index (χ2v) is 7.62. The zero-order valence-electron chi connectivity index (χ0n) is 12.7. The number of piperidine rings is 1. The van der Waals surface area contributed by atoms with Crippen LogP contribution in [0.1, 0.15) is 30.4 Å². The summed E-state index contributed by atoms with van der Waals surface area (Å²) in [4.78, 5) is 0.441. The van der Waals surface area contributed by atoms with Crippen LogP contribution in [0, 0.1) is 19.8 Å². The standard InChI is InChI=1S/C15H24N2O2S.ClH/c1-12-5-6-15(13(2)10-12)20(18,19)17-9-3-4-14(11-17)7-8-16;/h5-6,10,14H,3-4,7-9,11,16H2,1-2H3;1H. The van der Waals surface area contributed by atoms with E-state index >= 15 is 0 Å². The molecule has 1 saturated heterocycles. The van der Waals surface area contributed by atoms with E-state index in [0.717, 1.165) is 30.4 Å². The molecule has 1 heterocycles. The predicted molar refractivity (Wildman–Crippen MR) is 88.3 cm³/mol. The molecule has 1 fully saturated rings. The Bertz CT molecular complexity index is 573. The fourth-order valence-electron chi connectivity index (χ4n) is 2.94. The molecule has 0 spiro atoms. The van der Waals surface area contributed by atoms with Gasteiger partial charge in [0.1, 0.15) is 0 Å². The lowest BCUT2D eigenvalue weighted by atomic mass is 9.96. The van der Waals surface area contributed by atoms with Crippen molar-refractivity contribution in [1.29, 1.82) is 0 Å². The van der Waals surface area contributed by atoms with Gasteiger partial charge in [-0.05, 0) is 57.2 Å². The van der Waals surface area contributed by atoms with Crippen LogP contribution in [0.2, 0.25) is 0 Å². The first-order valence-electron chi connectivity index (χ1n) is 7.22. The van der Waals surface area contributed by atoms with E-state index in [1.807, 2.05) is 26.0 Å². The zero-order chi connectivity index (χ0) is 14.8. The highest BCUT2D eigenvalue weighted by molar-refractivity contribution is 7.89. The third-order valence-electron chi connectivity index (χ3n) is 4.00. The van der Waals surface area contributed by atoms with Gasteiger partial charge in [-0.3, -0.25) is 0 Å². The van der Waals surface area contributed by atoms with E-state index in [2.05, 4.69) is 0 Å². The molecule has 1 atom stereocenters. The molecule has 0 amide bonds. The van der Waals surface area contributed by atoms with Gasteiger partial charge in [0.15, 0.2) is 0 Å². The van der Waals surface area contributed by atoms with Gasteiger partial charge in [-0.25, -0.2) is 8.42 Å². The van der Waals surface area contributed by atoms with Crippen LogP contribution in [0.5, 0.6) is 0 Å². The third-order valence-corrected chi connectivity index (χ3v) is 6.03. The summed E-state index contributed by atoms with van der Waals surface area (Å²) in [6, 6.07) is 5.52. The Kier molecular flexibility index (Phi) is 6.66. The molecule has 1 aliphatic heterocycles. The van der Waals surface area contributed by atoms with Crippen LogP contribution < -0.4 is 5.73 Å². The Hall–Kier alpha value is -0.620. The number of sulfonamides is 1. The monoisotopic (exact) mass is 332 g/mol. The van der Waals surface area contributed by atoms with Crippen molar-refractivity contribution < 1.29 is 8.42 Å². The van der Waals surface area contributed by atoms with Crippen molar-refractivity contribution in [3.8, 4) is 0 Å². The lowest BCUT2D eigenvalue weighted by Gasteiger charge is -2.32. The third kappa shape index (κ3) is 4.19. The van der Waals surface area contributed by atoms with E-state index in [9.17, 15) is 8.42 Å². The van der Waals surface area contributed by atoms with Gasteiger partial charge in [0.25, 0.3) is 0 Å². The Labute approximate surface area is 134 Å². The number of nitrogens with two attached hydrogens (primary N) is 1. The van der Waals surface area contributed by atoms with Crippen molar-refractivity contribution >= 4 is 22.4 Å². The van der Waals surface area contributed by atoms with Crippen LogP contribution in [0.25, 0.3) is 0 Å². The van der Waals surface area contributed by atoms with Gasteiger partial charge < -0.3 is 5.73 Å². The molecule has 4 nitrogen and oxygen atoms in total. The number of rotatable bonds is 4. The van der Waals surface area contributed by atoms with Gasteiger partial charge in [0.05, 0.1) is 4.90 Å². The largest absolute Gasteiger partial charge is 0.330 e. The Balaban J connectivity index is 0.00000220. The molecule has 2 rings (SSSR count). The summed E-state index contributed by atoms with van der Waals surface area (Å²) in [5, 5.41) is 0. The van der Waals surface area contributed by atoms with Crippen LogP contribution in [0.3, 0.4) is 0 Å². The average molecular weight is 333 g/mol. The number of hydrogen-bond acceptors (Lipinski definition) is 3. The van der Waals surface area contributed by atoms with Gasteiger partial charge in [-0.2, -0.15) is 4.31 Å². The summed E-state index contributed by atoms with van der Waals surface area (Å²) < 4.78 is 27.2. The van der Waals surface area contributed by atoms with E-state index in [-0.39, 0.29) is 12.4 Å². The van der Waals surface area contributed by atoms with Crippen molar-refractivity contribution in [1.82, 2.24) is 4.31 Å². The van der Waals surface area contributed by atoms with Crippen molar-refractivity contribution in [3.05, 3.63) is 29.3 Å². The maximum atomic E-state index is 12.8. The highest BCUT2D eigenvalue weighted by Crippen LogP contribution is 2.27. The van der Waals surface area contributed by atoms with Crippen molar-refractivity contribution in [2.45, 2.75) is 38.0 Å². The molecule has 21 heavy (non-hydrogen) atoms. The SMILES string of the molecule is Cc1ccc(S(=O)(=O)N2CCCC(CCN)C2)c(C)c1.Cl. The second-order valence-electron chi connectivity index (χ2n) is 5.72. The normalized spacial score (nSPS) is 20.0. The lowest BCUT2D eigenvalue weighted by molar-refractivity contribution is 0.258. The minimum Gasteiger partial charge on any atom is -0.330 e. The van der Waals surface area contributed by atoms with Crippen LogP contribution in [0.15, 0.2) is 23.1 Å². The van der Waals surface area contributed by atoms with Gasteiger partial charge in [-0.15, -0.1) is 12.4 Å². The molecule has 0 bridgehead atoms. The molecule has 0 aromatic heterocycles. The number of hydrogen-bond donors (Lipinski definition) is 1. The average Bonchev–Trinajstić information content (AvgIpc) is 2.39. The minimum atomic E-state index is -3.37. The highest BCUT2D eigenvalue weighted by atomic mass is 35.5. The summed E-state index contributed by atoms with van der Waals surface area (Å²) in [7, 11) is -3.37. The fraction of sp³-hybridized carbons (Fsp3) is 0.600. The number of benzene rings is 1. The van der Waals surface area contributed by atoms with Gasteiger partial charge >= 0.3 is 0 Å². The van der Waals surface area contributed by atoms with Crippen LogP contribution in [-0.2, 0) is 10.0 Å². The number of halogens is 1. The van der Waals surface area contributed by atoms with Gasteiger partial charge in [0.2, 0.25) is 10.0 Å². The van der Waals surface area contributed by atoms with Crippen molar-refractivity contribution in [2.75, 3.05) is 19.6 Å². The van der Waals surface area contributed by atoms with Crippen LogP contribution in [-0.4, -0.2) is 32.4 Å². The summed E-state index contributed by atoms with van der Waals surface area (Å²) >= 11 is 0. The molecule has 0 radical (unpaired) electrons. The summed E-state index contributed by atoms with van der Waals surface area (Å²) in [6.07, 6.45) is 2.91. The highest BCUT2D eigenvalue weighted by Gasteiger charge is 2.30. The number of aryl methyl sites for hydroxylation is 2. The Morgan fingerprint density at radius 1 is 1.33 bits per heavy atom. The first-order chi connectivity index (χ1) is 9.45. The first-order valence-corrected chi connectivity index (χ1v) is 8.66. The maximum absolute atomic E-state index is 12.8. The minimum absolute atomic E-state index is 0. The summed E-state index contributed by atoms with van der Waals surface area (Å²) in [5.74, 6) is 0.397. The lowest BCUT2D eigenvalue weighted by Crippen LogP contribution is -2.40. The summed E-state index contributed by atoms with van der Waals surface area (Å²) in [6.45, 7) is 5.69. The van der Waals surface area contributed by atoms with E-state index in [4.69, 9.17) is 5.73 Å². The molecule has 1 aliphatic rings. The van der Waals surface area contributed by atoms with Crippen LogP contribution in [0.4, 0.5) is 0 Å². The predicted octanol–water partition coefficient (Wildman–Crippen LogP) is 2.47. The molecule has 0 aliphatic carbocycles. The van der Waals surface area contributed by atoms with Gasteiger partial charge in [0, 0.05) is 13.1 Å². The quantitative estimate of drug-likeness (QED) is 0.921. The first kappa shape index (κ1) is 18.4. The van der Waals surface area contributed by atoms with Gasteiger partial charge in [-0.1, -0.05) is 17.7 Å². The molecular formula is C15H25ClN2O2S. The zero-order valence-corrected chi connectivity index (χ0v) is 14.3. The van der Waals surface area contributed by atoms with E-state index in [1.165, 1.54) is 0 Å². The van der Waals surface area contributed by atoms with Crippen LogP contribution >= 0.6 is 12.4 Å². The molecule has 2 N–H and O–H groups in total. The molecule has 1 aromatic carbocycles. The maximum Gasteiger partial charge on any atom is 0.243 e. The topological polar surface area (TPSA) is 63.4 Å². The van der Waals surface area contributed by atoms with E-state index in [0.29, 0.717) is 30.4 Å². The molecule has 0 saturated carbocycles. The number of nitrogens with zero attached hydrogens (tertiary/aromatic N) is 1. The molecular weight excluding hydrogens is 308 g/mol. The Morgan fingerprint density at radius 2 is 2.05 bits per heavy atom. The molecule has 1 aromatic rings. The van der Waals surface area contributed by atoms with E-state index < -0.39 is 10.0 Å². The van der Waals surface area contributed by atoms with E-state index in [1.54, 1.807) is 10.4 Å². The molecule has 6 heteroatoms. The summed E-state index contributed by atoms with van der Waals surface area (Å²) in [5.41, 5.74) is 7.51. The van der Waals surface area contributed by atoms with Crippen molar-refractivity contribution in [2.24, 2.45) is 11.7 Å². The molecule has 120 valence electrons. The van der Waals surface area contributed by atoms with Crippen molar-refractivity contribution in [3.63, 3.8) is 0 Å². The molecule has 1 unspecified atom stereocenters. The Morgan fingerprint density at radius 3 is 2.67 bits per heavy atom. The second kappa shape index (κ2) is 7.58.